The summed E-state index contributed by atoms with van der Waals surface area (Å²) in [7, 11) is 0. The van der Waals surface area contributed by atoms with Crippen molar-refractivity contribution >= 4 is 17.5 Å². The first-order valence-electron chi connectivity index (χ1n) is 9.20. The molecular weight excluding hydrogens is 316 g/mol. The van der Waals surface area contributed by atoms with Crippen molar-refractivity contribution in [2.24, 2.45) is 5.92 Å². The number of hydrogen-bond donors (Lipinski definition) is 1. The minimum atomic E-state index is -0.200. The molecular formula is C19H24N4O2. The van der Waals surface area contributed by atoms with Gasteiger partial charge in [-0.25, -0.2) is 4.98 Å². The van der Waals surface area contributed by atoms with Gasteiger partial charge in [-0.05, 0) is 25.0 Å². The molecule has 1 aliphatic heterocycles. The molecule has 0 bridgehead atoms. The van der Waals surface area contributed by atoms with Crippen LogP contribution < -0.4 is 5.32 Å². The van der Waals surface area contributed by atoms with Gasteiger partial charge in [0.05, 0.1) is 11.6 Å². The molecule has 0 aromatic carbocycles. The maximum absolute atomic E-state index is 12.4. The van der Waals surface area contributed by atoms with Gasteiger partial charge in [-0.1, -0.05) is 18.9 Å². The number of likely N-dealkylation sites (tertiary alicyclic amines) is 1. The van der Waals surface area contributed by atoms with Gasteiger partial charge in [-0.2, -0.15) is 0 Å². The minimum Gasteiger partial charge on any atom is -0.355 e. The standard InChI is InChI=1S/C19H24N4O2/c24-18-11-14(12-23(18)16-5-1-2-6-16)19(25)20-9-8-15-13-22-10-4-3-7-17(22)21-15/h3-4,7,10,13-14,16H,1-2,5-6,8-9,11-12H2,(H,20,25). The van der Waals surface area contributed by atoms with E-state index < -0.39 is 0 Å². The summed E-state index contributed by atoms with van der Waals surface area (Å²) < 4.78 is 1.98. The van der Waals surface area contributed by atoms with E-state index in [-0.39, 0.29) is 17.7 Å². The number of nitrogens with zero attached hydrogens (tertiary/aromatic N) is 3. The van der Waals surface area contributed by atoms with E-state index in [0.29, 0.717) is 32.0 Å². The summed E-state index contributed by atoms with van der Waals surface area (Å²) >= 11 is 0. The number of pyridine rings is 1. The van der Waals surface area contributed by atoms with E-state index in [1.807, 2.05) is 39.9 Å². The van der Waals surface area contributed by atoms with Crippen molar-refractivity contribution in [2.45, 2.75) is 44.6 Å². The number of imidazole rings is 1. The lowest BCUT2D eigenvalue weighted by molar-refractivity contribution is -0.130. The van der Waals surface area contributed by atoms with E-state index in [4.69, 9.17) is 0 Å². The molecule has 6 nitrogen and oxygen atoms in total. The van der Waals surface area contributed by atoms with Gasteiger partial charge in [0.1, 0.15) is 5.65 Å². The fourth-order valence-electron chi connectivity index (χ4n) is 4.04. The van der Waals surface area contributed by atoms with Crippen LogP contribution in [-0.4, -0.2) is 45.2 Å². The lowest BCUT2D eigenvalue weighted by Crippen LogP contribution is -2.37. The van der Waals surface area contributed by atoms with Crippen LogP contribution in [0.5, 0.6) is 0 Å². The highest BCUT2D eigenvalue weighted by atomic mass is 16.2. The smallest absolute Gasteiger partial charge is 0.225 e. The Labute approximate surface area is 147 Å². The van der Waals surface area contributed by atoms with E-state index >= 15 is 0 Å². The molecule has 2 aromatic heterocycles. The Kier molecular flexibility index (Phi) is 4.42. The highest BCUT2D eigenvalue weighted by Crippen LogP contribution is 2.29. The Morgan fingerprint density at radius 2 is 2.12 bits per heavy atom. The molecule has 1 aliphatic carbocycles. The van der Waals surface area contributed by atoms with E-state index in [9.17, 15) is 9.59 Å². The van der Waals surface area contributed by atoms with E-state index in [0.717, 1.165) is 24.2 Å². The van der Waals surface area contributed by atoms with Crippen molar-refractivity contribution < 1.29 is 9.59 Å². The third-order valence-corrected chi connectivity index (χ3v) is 5.39. The van der Waals surface area contributed by atoms with Crippen LogP contribution in [0.25, 0.3) is 5.65 Å². The van der Waals surface area contributed by atoms with Crippen LogP contribution in [0.1, 0.15) is 37.8 Å². The van der Waals surface area contributed by atoms with Gasteiger partial charge < -0.3 is 14.6 Å². The first-order valence-corrected chi connectivity index (χ1v) is 9.20. The molecule has 2 amide bonds. The average Bonchev–Trinajstić information content (AvgIpc) is 3.33. The highest BCUT2D eigenvalue weighted by Gasteiger charge is 2.38. The van der Waals surface area contributed by atoms with Crippen molar-refractivity contribution in [2.75, 3.05) is 13.1 Å². The van der Waals surface area contributed by atoms with E-state index in [1.54, 1.807) is 0 Å². The Morgan fingerprint density at radius 1 is 1.28 bits per heavy atom. The fourth-order valence-corrected chi connectivity index (χ4v) is 4.04. The summed E-state index contributed by atoms with van der Waals surface area (Å²) in [6.07, 6.45) is 9.59. The van der Waals surface area contributed by atoms with Crippen molar-refractivity contribution in [1.29, 1.82) is 0 Å². The predicted molar refractivity (Wildman–Crippen MR) is 94.0 cm³/mol. The second kappa shape index (κ2) is 6.86. The summed E-state index contributed by atoms with van der Waals surface area (Å²) in [6.45, 7) is 1.14. The molecule has 6 heteroatoms. The number of amides is 2. The zero-order valence-corrected chi connectivity index (χ0v) is 14.4. The van der Waals surface area contributed by atoms with Crippen LogP contribution >= 0.6 is 0 Å². The number of fused-ring (bicyclic) bond motifs is 1. The summed E-state index contributed by atoms with van der Waals surface area (Å²) in [5.41, 5.74) is 1.87. The SMILES string of the molecule is O=C(NCCc1cn2ccccc2n1)C1CC(=O)N(C2CCCC2)C1. The van der Waals surface area contributed by atoms with Crippen LogP contribution in [0, 0.1) is 5.92 Å². The molecule has 2 aromatic rings. The second-order valence-electron chi connectivity index (χ2n) is 7.12. The van der Waals surface area contributed by atoms with Gasteiger partial charge in [0.2, 0.25) is 11.8 Å². The largest absolute Gasteiger partial charge is 0.355 e. The third kappa shape index (κ3) is 3.38. The van der Waals surface area contributed by atoms with Crippen LogP contribution in [0.2, 0.25) is 0 Å². The van der Waals surface area contributed by atoms with Crippen molar-refractivity contribution in [1.82, 2.24) is 19.6 Å². The first kappa shape index (κ1) is 16.1. The van der Waals surface area contributed by atoms with E-state index in [1.165, 1.54) is 12.8 Å². The second-order valence-corrected chi connectivity index (χ2v) is 7.12. The van der Waals surface area contributed by atoms with Gasteiger partial charge in [0, 0.05) is 44.4 Å². The van der Waals surface area contributed by atoms with Crippen LogP contribution in [-0.2, 0) is 16.0 Å². The maximum Gasteiger partial charge on any atom is 0.225 e. The van der Waals surface area contributed by atoms with E-state index in [2.05, 4.69) is 10.3 Å². The predicted octanol–water partition coefficient (Wildman–Crippen LogP) is 1.78. The molecule has 132 valence electrons. The van der Waals surface area contributed by atoms with Crippen molar-refractivity contribution in [3.63, 3.8) is 0 Å². The average molecular weight is 340 g/mol. The van der Waals surface area contributed by atoms with Crippen LogP contribution in [0.3, 0.4) is 0 Å². The normalized spacial score (nSPS) is 21.4. The van der Waals surface area contributed by atoms with Gasteiger partial charge in [0.15, 0.2) is 0 Å². The number of hydrogen-bond acceptors (Lipinski definition) is 3. The summed E-state index contributed by atoms with van der Waals surface area (Å²) in [5.74, 6) is -0.0563. The molecule has 4 rings (SSSR count). The molecule has 2 aliphatic rings. The topological polar surface area (TPSA) is 66.7 Å². The Morgan fingerprint density at radius 3 is 2.92 bits per heavy atom. The van der Waals surface area contributed by atoms with Gasteiger partial charge >= 0.3 is 0 Å². The maximum atomic E-state index is 12.4. The molecule has 1 saturated carbocycles. The number of carbonyl (C=O) groups excluding carboxylic acids is 2. The molecule has 1 N–H and O–H groups in total. The zero-order chi connectivity index (χ0) is 17.2. The number of rotatable bonds is 5. The number of aromatic nitrogens is 2. The number of carbonyl (C=O) groups is 2. The Hall–Kier alpha value is -2.37. The molecule has 1 saturated heterocycles. The molecule has 1 atom stereocenters. The molecule has 25 heavy (non-hydrogen) atoms. The Bertz CT molecular complexity index is 746. The quantitative estimate of drug-likeness (QED) is 0.902. The van der Waals surface area contributed by atoms with Crippen LogP contribution in [0.15, 0.2) is 30.6 Å². The first-order chi connectivity index (χ1) is 12.2. The lowest BCUT2D eigenvalue weighted by atomic mass is 10.1. The molecule has 1 unspecified atom stereocenters. The lowest BCUT2D eigenvalue weighted by Gasteiger charge is -2.23. The van der Waals surface area contributed by atoms with Gasteiger partial charge in [0.25, 0.3) is 0 Å². The van der Waals surface area contributed by atoms with Crippen LogP contribution in [0.4, 0.5) is 0 Å². The molecule has 0 radical (unpaired) electrons. The van der Waals surface area contributed by atoms with Crippen molar-refractivity contribution in [3.8, 4) is 0 Å². The molecule has 3 heterocycles. The van der Waals surface area contributed by atoms with Gasteiger partial charge in [-0.15, -0.1) is 0 Å². The fraction of sp³-hybridized carbons (Fsp3) is 0.526. The summed E-state index contributed by atoms with van der Waals surface area (Å²) in [6, 6.07) is 6.25. The van der Waals surface area contributed by atoms with Gasteiger partial charge in [-0.3, -0.25) is 9.59 Å². The summed E-state index contributed by atoms with van der Waals surface area (Å²) in [5, 5.41) is 2.98. The molecule has 0 spiro atoms. The zero-order valence-electron chi connectivity index (χ0n) is 14.4. The monoisotopic (exact) mass is 340 g/mol. The minimum absolute atomic E-state index is 0.00221. The Balaban J connectivity index is 1.28. The number of nitrogens with one attached hydrogen (secondary N) is 1. The third-order valence-electron chi connectivity index (χ3n) is 5.39. The summed E-state index contributed by atoms with van der Waals surface area (Å²) in [4.78, 5) is 31.1. The van der Waals surface area contributed by atoms with Crippen molar-refractivity contribution in [3.05, 3.63) is 36.3 Å². The molecule has 2 fully saturated rings. The highest BCUT2D eigenvalue weighted by molar-refractivity contribution is 5.89.